The van der Waals surface area contributed by atoms with Crippen molar-refractivity contribution in [3.05, 3.63) is 0 Å². The van der Waals surface area contributed by atoms with Crippen LogP contribution < -0.4 is 11.1 Å². The van der Waals surface area contributed by atoms with Crippen molar-refractivity contribution in [3.8, 4) is 0 Å². The van der Waals surface area contributed by atoms with E-state index in [4.69, 9.17) is 5.73 Å². The van der Waals surface area contributed by atoms with Gasteiger partial charge in [-0.2, -0.15) is 0 Å². The molecular weight excluding hydrogens is 324 g/mol. The second-order valence-electron chi connectivity index (χ2n) is 7.83. The van der Waals surface area contributed by atoms with Gasteiger partial charge in [0.2, 0.25) is 11.8 Å². The first kappa shape index (κ1) is 24.9. The van der Waals surface area contributed by atoms with Gasteiger partial charge < -0.3 is 11.1 Å². The molecule has 2 atom stereocenters. The lowest BCUT2D eigenvalue weighted by atomic mass is 9.98. The number of unbranched alkanes of at least 4 members (excludes halogenated alkanes) is 12. The number of hydrogen-bond acceptors (Lipinski definition) is 2. The standard InChI is InChI=1S/C22H44N2O2/c1-4-6-7-8-9-10-11-12-13-14-15-16-17-18-20(25)24-21(22(23)26)19(3)5-2/h19,21H,4-18H2,1-3H3,(H2,23,26)(H,24,25)/t19-,21-/m0/s1. The molecule has 0 aromatic heterocycles. The summed E-state index contributed by atoms with van der Waals surface area (Å²) in [6, 6.07) is -0.533. The Morgan fingerprint density at radius 3 is 1.58 bits per heavy atom. The van der Waals surface area contributed by atoms with Crippen molar-refractivity contribution in [1.29, 1.82) is 0 Å². The summed E-state index contributed by atoms with van der Waals surface area (Å²) in [7, 11) is 0. The number of amides is 2. The first-order valence-corrected chi connectivity index (χ1v) is 11.1. The third-order valence-corrected chi connectivity index (χ3v) is 5.34. The van der Waals surface area contributed by atoms with Crippen LogP contribution in [0.4, 0.5) is 0 Å². The summed E-state index contributed by atoms with van der Waals surface area (Å²) in [5, 5.41) is 2.80. The summed E-state index contributed by atoms with van der Waals surface area (Å²) < 4.78 is 0. The third-order valence-electron chi connectivity index (χ3n) is 5.34. The van der Waals surface area contributed by atoms with Crippen molar-refractivity contribution < 1.29 is 9.59 Å². The molecule has 4 nitrogen and oxygen atoms in total. The van der Waals surface area contributed by atoms with Gasteiger partial charge in [0.1, 0.15) is 6.04 Å². The molecule has 0 radical (unpaired) electrons. The maximum absolute atomic E-state index is 12.0. The van der Waals surface area contributed by atoms with Gasteiger partial charge in [-0.3, -0.25) is 9.59 Å². The Bertz CT molecular complexity index is 358. The lowest BCUT2D eigenvalue weighted by Gasteiger charge is -2.21. The Balaban J connectivity index is 3.49. The van der Waals surface area contributed by atoms with Gasteiger partial charge in [0.05, 0.1) is 0 Å². The fraction of sp³-hybridized carbons (Fsp3) is 0.909. The topological polar surface area (TPSA) is 72.2 Å². The van der Waals surface area contributed by atoms with Crippen LogP contribution in [0.2, 0.25) is 0 Å². The summed E-state index contributed by atoms with van der Waals surface area (Å²) >= 11 is 0. The Labute approximate surface area is 162 Å². The van der Waals surface area contributed by atoms with Gasteiger partial charge in [0, 0.05) is 6.42 Å². The number of carbonyl (C=O) groups excluding carboxylic acids is 2. The number of rotatable bonds is 18. The molecule has 0 heterocycles. The molecular formula is C22H44N2O2. The average Bonchev–Trinajstić information content (AvgIpc) is 2.62. The predicted molar refractivity (Wildman–Crippen MR) is 111 cm³/mol. The minimum atomic E-state index is -0.533. The van der Waals surface area contributed by atoms with Crippen molar-refractivity contribution >= 4 is 11.8 Å². The number of nitrogens with one attached hydrogen (secondary N) is 1. The van der Waals surface area contributed by atoms with Crippen LogP contribution in [0.15, 0.2) is 0 Å². The van der Waals surface area contributed by atoms with Crippen molar-refractivity contribution in [2.24, 2.45) is 11.7 Å². The fourth-order valence-corrected chi connectivity index (χ4v) is 3.28. The highest BCUT2D eigenvalue weighted by molar-refractivity contribution is 5.86. The zero-order valence-electron chi connectivity index (χ0n) is 17.7. The molecule has 0 spiro atoms. The van der Waals surface area contributed by atoms with E-state index in [2.05, 4.69) is 12.2 Å². The van der Waals surface area contributed by atoms with E-state index < -0.39 is 11.9 Å². The summed E-state index contributed by atoms with van der Waals surface area (Å²) in [4.78, 5) is 23.4. The molecule has 154 valence electrons. The minimum Gasteiger partial charge on any atom is -0.368 e. The van der Waals surface area contributed by atoms with E-state index in [1.807, 2.05) is 13.8 Å². The number of nitrogens with two attached hydrogens (primary N) is 1. The third kappa shape index (κ3) is 14.1. The van der Waals surface area contributed by atoms with Crippen molar-refractivity contribution in [2.45, 2.75) is 123 Å². The van der Waals surface area contributed by atoms with Gasteiger partial charge >= 0.3 is 0 Å². The molecule has 0 aliphatic carbocycles. The molecule has 0 unspecified atom stereocenters. The minimum absolute atomic E-state index is 0.0443. The van der Waals surface area contributed by atoms with E-state index in [9.17, 15) is 9.59 Å². The molecule has 0 aliphatic rings. The molecule has 0 rings (SSSR count). The smallest absolute Gasteiger partial charge is 0.240 e. The predicted octanol–water partition coefficient (Wildman–Crippen LogP) is 5.48. The zero-order valence-corrected chi connectivity index (χ0v) is 17.7. The number of hydrogen-bond donors (Lipinski definition) is 2. The van der Waals surface area contributed by atoms with Crippen LogP contribution in [0.25, 0.3) is 0 Å². The maximum atomic E-state index is 12.0. The number of carbonyl (C=O) groups is 2. The Morgan fingerprint density at radius 2 is 1.19 bits per heavy atom. The Morgan fingerprint density at radius 1 is 0.769 bits per heavy atom. The van der Waals surface area contributed by atoms with Crippen LogP contribution in [0.5, 0.6) is 0 Å². The van der Waals surface area contributed by atoms with Gasteiger partial charge in [-0.15, -0.1) is 0 Å². The number of primary amides is 1. The average molecular weight is 369 g/mol. The van der Waals surface area contributed by atoms with Crippen LogP contribution >= 0.6 is 0 Å². The SMILES string of the molecule is CCCCCCCCCCCCCCCC(=O)N[C@H](C(N)=O)[C@@H](C)CC. The van der Waals surface area contributed by atoms with Crippen LogP contribution in [0, 0.1) is 5.92 Å². The Kier molecular flexibility index (Phi) is 16.7. The first-order chi connectivity index (χ1) is 12.5. The molecule has 0 fully saturated rings. The molecule has 26 heavy (non-hydrogen) atoms. The zero-order chi connectivity index (χ0) is 19.6. The van der Waals surface area contributed by atoms with Gasteiger partial charge in [0.15, 0.2) is 0 Å². The van der Waals surface area contributed by atoms with Crippen molar-refractivity contribution in [3.63, 3.8) is 0 Å². The summed E-state index contributed by atoms with van der Waals surface area (Å²) in [6.45, 7) is 6.21. The normalized spacial score (nSPS) is 13.3. The van der Waals surface area contributed by atoms with Crippen LogP contribution in [-0.4, -0.2) is 17.9 Å². The molecule has 0 saturated heterocycles. The van der Waals surface area contributed by atoms with Gasteiger partial charge in [-0.05, 0) is 12.3 Å². The van der Waals surface area contributed by atoms with Gasteiger partial charge in [0.25, 0.3) is 0 Å². The van der Waals surface area contributed by atoms with E-state index in [1.165, 1.54) is 70.6 Å². The quantitative estimate of drug-likeness (QED) is 0.314. The lowest BCUT2D eigenvalue weighted by Crippen LogP contribution is -2.48. The molecule has 2 amide bonds. The van der Waals surface area contributed by atoms with E-state index in [0.29, 0.717) is 6.42 Å². The summed E-state index contributed by atoms with van der Waals surface area (Å²) in [6.07, 6.45) is 18.1. The highest BCUT2D eigenvalue weighted by atomic mass is 16.2. The highest BCUT2D eigenvalue weighted by Gasteiger charge is 2.23. The first-order valence-electron chi connectivity index (χ1n) is 11.1. The molecule has 0 aromatic carbocycles. The lowest BCUT2D eigenvalue weighted by molar-refractivity contribution is -0.128. The Hall–Kier alpha value is -1.06. The molecule has 0 aromatic rings. The van der Waals surface area contributed by atoms with Gasteiger partial charge in [-0.25, -0.2) is 0 Å². The van der Waals surface area contributed by atoms with E-state index >= 15 is 0 Å². The van der Waals surface area contributed by atoms with E-state index in [-0.39, 0.29) is 11.8 Å². The van der Waals surface area contributed by atoms with Crippen LogP contribution in [-0.2, 0) is 9.59 Å². The largest absolute Gasteiger partial charge is 0.368 e. The van der Waals surface area contributed by atoms with Crippen molar-refractivity contribution in [1.82, 2.24) is 5.32 Å². The van der Waals surface area contributed by atoms with Gasteiger partial charge in [-0.1, -0.05) is 104 Å². The molecule has 4 heteroatoms. The maximum Gasteiger partial charge on any atom is 0.240 e. The van der Waals surface area contributed by atoms with Crippen LogP contribution in [0.3, 0.4) is 0 Å². The highest BCUT2D eigenvalue weighted by Crippen LogP contribution is 2.13. The van der Waals surface area contributed by atoms with E-state index in [0.717, 1.165) is 19.3 Å². The van der Waals surface area contributed by atoms with Crippen molar-refractivity contribution in [2.75, 3.05) is 0 Å². The fourth-order valence-electron chi connectivity index (χ4n) is 3.28. The molecule has 3 N–H and O–H groups in total. The van der Waals surface area contributed by atoms with Crippen LogP contribution in [0.1, 0.15) is 117 Å². The monoisotopic (exact) mass is 368 g/mol. The molecule has 0 bridgehead atoms. The summed E-state index contributed by atoms with van der Waals surface area (Å²) in [5.74, 6) is -0.390. The second-order valence-corrected chi connectivity index (χ2v) is 7.83. The summed E-state index contributed by atoms with van der Waals surface area (Å²) in [5.41, 5.74) is 5.38. The second kappa shape index (κ2) is 17.4. The van der Waals surface area contributed by atoms with E-state index in [1.54, 1.807) is 0 Å². The molecule has 0 saturated carbocycles. The molecule has 0 aliphatic heterocycles.